The summed E-state index contributed by atoms with van der Waals surface area (Å²) in [5.74, 6) is 5.19. The summed E-state index contributed by atoms with van der Waals surface area (Å²) in [7, 11) is 0. The smallest absolute Gasteiger partial charge is 0.339 e. The summed E-state index contributed by atoms with van der Waals surface area (Å²) in [6.45, 7) is 4.90. The number of benzene rings is 1. The highest BCUT2D eigenvalue weighted by Gasteiger charge is 2.10. The van der Waals surface area contributed by atoms with Crippen molar-refractivity contribution in [2.24, 2.45) is 0 Å². The van der Waals surface area contributed by atoms with Crippen molar-refractivity contribution in [3.63, 3.8) is 0 Å². The molecule has 0 heterocycles. The highest BCUT2D eigenvalue weighted by atomic mass is 16.5. The second-order valence-corrected chi connectivity index (χ2v) is 7.93. The number of hydrogen-bond acceptors (Lipinski definition) is 4. The van der Waals surface area contributed by atoms with E-state index in [1.54, 1.807) is 24.3 Å². The summed E-state index contributed by atoms with van der Waals surface area (Å²) < 4.78 is 10.4. The van der Waals surface area contributed by atoms with Crippen molar-refractivity contribution in [1.29, 1.82) is 0 Å². The summed E-state index contributed by atoms with van der Waals surface area (Å²) in [4.78, 5) is 24.1. The molecule has 0 aliphatic rings. The van der Waals surface area contributed by atoms with Crippen LogP contribution >= 0.6 is 0 Å². The summed E-state index contributed by atoms with van der Waals surface area (Å²) in [6.07, 6.45) is 15.3. The molecule has 0 N–H and O–H groups in total. The van der Waals surface area contributed by atoms with Gasteiger partial charge < -0.3 is 9.47 Å². The van der Waals surface area contributed by atoms with Crippen molar-refractivity contribution in [2.75, 3.05) is 13.2 Å². The van der Waals surface area contributed by atoms with Crippen molar-refractivity contribution in [1.82, 2.24) is 0 Å². The van der Waals surface area contributed by atoms with E-state index < -0.39 is 5.97 Å². The first-order valence-electron chi connectivity index (χ1n) is 12.1. The lowest BCUT2D eigenvalue weighted by Crippen LogP contribution is -2.08. The Balaban J connectivity index is 2.17. The minimum atomic E-state index is -0.430. The maximum atomic E-state index is 12.1. The van der Waals surface area contributed by atoms with Crippen LogP contribution in [0.5, 0.6) is 0 Å². The van der Waals surface area contributed by atoms with Gasteiger partial charge in [-0.2, -0.15) is 0 Å². The van der Waals surface area contributed by atoms with Gasteiger partial charge in [0.05, 0.1) is 17.7 Å². The molecule has 0 saturated heterocycles. The van der Waals surface area contributed by atoms with Crippen LogP contribution in [0.15, 0.2) is 24.3 Å². The Kier molecular flexibility index (Phi) is 16.0. The van der Waals surface area contributed by atoms with E-state index in [-0.39, 0.29) is 12.6 Å². The number of rotatable bonds is 16. The zero-order valence-electron chi connectivity index (χ0n) is 19.5. The summed E-state index contributed by atoms with van der Waals surface area (Å²) in [5.41, 5.74) is 0.849. The summed E-state index contributed by atoms with van der Waals surface area (Å²) in [6, 6.07) is 6.37. The molecule has 0 bridgehead atoms. The molecule has 0 fully saturated rings. The van der Waals surface area contributed by atoms with Crippen LogP contribution in [0, 0.1) is 11.8 Å². The molecule has 0 radical (unpaired) electrons. The van der Waals surface area contributed by atoms with E-state index in [0.717, 1.165) is 38.5 Å². The zero-order chi connectivity index (χ0) is 22.6. The lowest BCUT2D eigenvalue weighted by atomic mass is 10.1. The molecule has 0 amide bonds. The predicted molar refractivity (Wildman–Crippen MR) is 126 cm³/mol. The van der Waals surface area contributed by atoms with Crippen molar-refractivity contribution < 1.29 is 19.1 Å². The molecule has 0 aromatic heterocycles. The molecular formula is C27H40O4. The Hall–Kier alpha value is -2.28. The Morgan fingerprint density at radius 1 is 0.645 bits per heavy atom. The standard InChI is InChI=1S/C27H40O4/c1-3-5-7-9-10-11-12-13-14-15-17-23-31-27(29)25-20-18-24(19-21-25)26(28)30-22-16-8-6-4-2/h18-21H,3-14,16,22-23H2,1-2H3. The predicted octanol–water partition coefficient (Wildman–Crippen LogP) is 7.11. The van der Waals surface area contributed by atoms with Gasteiger partial charge in [0.1, 0.15) is 0 Å². The number of carbonyl (C=O) groups is 2. The van der Waals surface area contributed by atoms with Gasteiger partial charge in [0, 0.05) is 6.42 Å². The number of ether oxygens (including phenoxy) is 2. The lowest BCUT2D eigenvalue weighted by molar-refractivity contribution is 0.0494. The van der Waals surface area contributed by atoms with Gasteiger partial charge in [-0.3, -0.25) is 0 Å². The molecule has 4 heteroatoms. The molecule has 0 atom stereocenters. The lowest BCUT2D eigenvalue weighted by Gasteiger charge is -2.05. The molecular weight excluding hydrogens is 388 g/mol. The van der Waals surface area contributed by atoms with Crippen LogP contribution in [0.25, 0.3) is 0 Å². The van der Waals surface area contributed by atoms with E-state index in [0.29, 0.717) is 17.7 Å². The highest BCUT2D eigenvalue weighted by molar-refractivity contribution is 5.93. The van der Waals surface area contributed by atoms with Crippen LogP contribution in [0.3, 0.4) is 0 Å². The first-order chi connectivity index (χ1) is 15.2. The van der Waals surface area contributed by atoms with Crippen LogP contribution in [0.1, 0.15) is 118 Å². The van der Waals surface area contributed by atoms with Crippen molar-refractivity contribution >= 4 is 11.9 Å². The Morgan fingerprint density at radius 3 is 1.71 bits per heavy atom. The topological polar surface area (TPSA) is 52.6 Å². The molecule has 1 rings (SSSR count). The van der Waals surface area contributed by atoms with Gasteiger partial charge in [-0.25, -0.2) is 9.59 Å². The third-order valence-corrected chi connectivity index (χ3v) is 5.14. The van der Waals surface area contributed by atoms with Gasteiger partial charge in [0.2, 0.25) is 0 Å². The number of carbonyl (C=O) groups excluding carboxylic acids is 2. The molecule has 0 aliphatic carbocycles. The van der Waals surface area contributed by atoms with Gasteiger partial charge >= 0.3 is 11.9 Å². The van der Waals surface area contributed by atoms with Gasteiger partial charge in [-0.05, 0) is 37.1 Å². The van der Waals surface area contributed by atoms with Gasteiger partial charge in [0.15, 0.2) is 6.61 Å². The fourth-order valence-electron chi connectivity index (χ4n) is 3.19. The van der Waals surface area contributed by atoms with Crippen molar-refractivity contribution in [2.45, 2.75) is 97.3 Å². The van der Waals surface area contributed by atoms with E-state index in [9.17, 15) is 9.59 Å². The number of hydrogen-bond donors (Lipinski definition) is 0. The van der Waals surface area contributed by atoms with E-state index >= 15 is 0 Å². The summed E-state index contributed by atoms with van der Waals surface area (Å²) >= 11 is 0. The molecule has 0 saturated carbocycles. The molecule has 4 nitrogen and oxygen atoms in total. The first kappa shape index (κ1) is 26.8. The van der Waals surface area contributed by atoms with Crippen LogP contribution in [-0.2, 0) is 9.47 Å². The monoisotopic (exact) mass is 428 g/mol. The minimum Gasteiger partial charge on any atom is -0.462 e. The second kappa shape index (κ2) is 18.5. The van der Waals surface area contributed by atoms with Gasteiger partial charge in [-0.1, -0.05) is 89.9 Å². The maximum absolute atomic E-state index is 12.1. The van der Waals surface area contributed by atoms with Gasteiger partial charge in [0.25, 0.3) is 0 Å². The largest absolute Gasteiger partial charge is 0.462 e. The fraction of sp³-hybridized carbons (Fsp3) is 0.630. The van der Waals surface area contributed by atoms with Gasteiger partial charge in [-0.15, -0.1) is 0 Å². The van der Waals surface area contributed by atoms with E-state index in [4.69, 9.17) is 9.47 Å². The van der Waals surface area contributed by atoms with Crippen LogP contribution in [0.4, 0.5) is 0 Å². The summed E-state index contributed by atoms with van der Waals surface area (Å²) in [5, 5.41) is 0. The third-order valence-electron chi connectivity index (χ3n) is 5.14. The Labute approximate surface area is 189 Å². The zero-order valence-corrected chi connectivity index (χ0v) is 19.5. The molecule has 31 heavy (non-hydrogen) atoms. The highest BCUT2D eigenvalue weighted by Crippen LogP contribution is 2.10. The number of unbranched alkanes of at least 4 members (excludes halogenated alkanes) is 11. The van der Waals surface area contributed by atoms with Crippen molar-refractivity contribution in [3.8, 4) is 11.8 Å². The van der Waals surface area contributed by atoms with Crippen LogP contribution in [-0.4, -0.2) is 25.2 Å². The number of esters is 2. The third kappa shape index (κ3) is 13.6. The molecule has 0 spiro atoms. The first-order valence-corrected chi connectivity index (χ1v) is 12.1. The van der Waals surface area contributed by atoms with E-state index in [1.165, 1.54) is 44.9 Å². The molecule has 0 unspecified atom stereocenters. The molecule has 0 aliphatic heterocycles. The average Bonchev–Trinajstić information content (AvgIpc) is 2.79. The Bertz CT molecular complexity index is 667. The van der Waals surface area contributed by atoms with E-state index in [1.807, 2.05) is 0 Å². The fourth-order valence-corrected chi connectivity index (χ4v) is 3.19. The molecule has 1 aromatic rings. The molecule has 1 aromatic carbocycles. The minimum absolute atomic E-state index is 0.0946. The second-order valence-electron chi connectivity index (χ2n) is 7.93. The SMILES string of the molecule is CCCCCCCCCCC#CCOC(=O)c1ccc(C(=O)OCCCCCC)cc1. The molecule has 172 valence electrons. The quantitative estimate of drug-likeness (QED) is 0.160. The van der Waals surface area contributed by atoms with Crippen LogP contribution in [0.2, 0.25) is 0 Å². The Morgan fingerprint density at radius 2 is 1.13 bits per heavy atom. The van der Waals surface area contributed by atoms with Crippen molar-refractivity contribution in [3.05, 3.63) is 35.4 Å². The maximum Gasteiger partial charge on any atom is 0.339 e. The normalized spacial score (nSPS) is 10.3. The van der Waals surface area contributed by atoms with Crippen LogP contribution < -0.4 is 0 Å². The average molecular weight is 429 g/mol. The van der Waals surface area contributed by atoms with E-state index in [2.05, 4.69) is 25.7 Å².